The van der Waals surface area contributed by atoms with Crippen molar-refractivity contribution in [2.24, 2.45) is 5.92 Å². The first-order valence-corrected chi connectivity index (χ1v) is 16.2. The maximum absolute atomic E-state index is 14.7. The molecule has 1 unspecified atom stereocenters. The van der Waals surface area contributed by atoms with E-state index in [1.807, 2.05) is 6.92 Å². The van der Waals surface area contributed by atoms with E-state index >= 15 is 0 Å². The van der Waals surface area contributed by atoms with Crippen LogP contribution in [0.1, 0.15) is 78.2 Å². The number of benzene rings is 2. The lowest BCUT2D eigenvalue weighted by Crippen LogP contribution is -2.49. The number of piperidine rings is 1. The van der Waals surface area contributed by atoms with E-state index in [1.165, 1.54) is 47.6 Å². The number of allylic oxidation sites excluding steroid dienone is 1. The van der Waals surface area contributed by atoms with Crippen molar-refractivity contribution in [3.8, 4) is 0 Å². The van der Waals surface area contributed by atoms with Crippen molar-refractivity contribution in [2.75, 3.05) is 33.2 Å². The Morgan fingerprint density at radius 3 is 2.59 bits per heavy atom. The zero-order chi connectivity index (χ0) is 32.4. The van der Waals surface area contributed by atoms with Gasteiger partial charge in [0.05, 0.1) is 24.6 Å². The van der Waals surface area contributed by atoms with Gasteiger partial charge in [0.25, 0.3) is 5.91 Å². The smallest absolute Gasteiger partial charge is 0.270 e. The first-order chi connectivity index (χ1) is 22.1. The van der Waals surface area contributed by atoms with Crippen LogP contribution in [-0.4, -0.2) is 77.9 Å². The summed E-state index contributed by atoms with van der Waals surface area (Å²) >= 11 is 0. The number of nitrogens with zero attached hydrogens (tertiary/aromatic N) is 3. The maximum atomic E-state index is 14.7. The fraction of sp³-hybridized carbons (Fsp3) is 0.444. The summed E-state index contributed by atoms with van der Waals surface area (Å²) in [4.78, 5) is 47.3. The third kappa shape index (κ3) is 7.44. The number of fused-ring (bicyclic) bond motifs is 1. The van der Waals surface area contributed by atoms with Gasteiger partial charge in [-0.05, 0) is 106 Å². The summed E-state index contributed by atoms with van der Waals surface area (Å²) in [6.07, 6.45) is 7.47. The second kappa shape index (κ2) is 13.7. The predicted octanol–water partition coefficient (Wildman–Crippen LogP) is 5.15. The molecule has 3 heterocycles. The third-order valence-corrected chi connectivity index (χ3v) is 9.45. The average molecular weight is 630 g/mol. The largest absolute Gasteiger partial charge is 0.348 e. The van der Waals surface area contributed by atoms with Gasteiger partial charge in [-0.15, -0.1) is 0 Å². The van der Waals surface area contributed by atoms with Gasteiger partial charge in [0.1, 0.15) is 23.7 Å². The van der Waals surface area contributed by atoms with Crippen LogP contribution in [0.25, 0.3) is 17.0 Å². The molecule has 1 saturated carbocycles. The highest BCUT2D eigenvalue weighted by atomic mass is 19.1. The van der Waals surface area contributed by atoms with E-state index < -0.39 is 42.3 Å². The van der Waals surface area contributed by atoms with E-state index in [-0.39, 0.29) is 24.7 Å². The van der Waals surface area contributed by atoms with Gasteiger partial charge in [-0.2, -0.15) is 0 Å². The van der Waals surface area contributed by atoms with Crippen LogP contribution in [0, 0.1) is 11.7 Å². The molecular formula is C36H41F2N5O3. The maximum Gasteiger partial charge on any atom is 0.270 e. The highest BCUT2D eigenvalue weighted by molar-refractivity contribution is 5.97. The van der Waals surface area contributed by atoms with Crippen molar-refractivity contribution >= 4 is 34.7 Å². The number of alkyl halides is 1. The normalized spacial score (nSPS) is 21.5. The van der Waals surface area contributed by atoms with Crippen LogP contribution >= 0.6 is 0 Å². The molecule has 3 amide bonds. The molecule has 2 aromatic carbocycles. The van der Waals surface area contributed by atoms with Gasteiger partial charge in [-0.3, -0.25) is 14.4 Å². The minimum absolute atomic E-state index is 0.0637. The summed E-state index contributed by atoms with van der Waals surface area (Å²) in [5.41, 5.74) is 3.82. The van der Waals surface area contributed by atoms with E-state index in [2.05, 4.69) is 57.9 Å². The van der Waals surface area contributed by atoms with Crippen molar-refractivity contribution in [3.05, 3.63) is 82.8 Å². The van der Waals surface area contributed by atoms with Crippen LogP contribution in [0.3, 0.4) is 0 Å². The Balaban J connectivity index is 1.12. The van der Waals surface area contributed by atoms with Crippen molar-refractivity contribution in [3.63, 3.8) is 0 Å². The van der Waals surface area contributed by atoms with Crippen LogP contribution in [-0.2, 0) is 9.59 Å². The van der Waals surface area contributed by atoms with E-state index in [0.29, 0.717) is 22.7 Å². The Morgan fingerprint density at radius 1 is 1.04 bits per heavy atom. The second-order valence-electron chi connectivity index (χ2n) is 13.0. The van der Waals surface area contributed by atoms with Crippen molar-refractivity contribution in [1.82, 2.24) is 25.4 Å². The molecule has 46 heavy (non-hydrogen) atoms. The lowest BCUT2D eigenvalue weighted by atomic mass is 9.86. The number of likely N-dealkylation sites (tertiary alicyclic amines) is 2. The van der Waals surface area contributed by atoms with Gasteiger partial charge in [0, 0.05) is 11.8 Å². The van der Waals surface area contributed by atoms with Gasteiger partial charge in [0.2, 0.25) is 11.8 Å². The lowest BCUT2D eigenvalue weighted by molar-refractivity contribution is -0.138. The molecule has 8 nitrogen and oxygen atoms in total. The van der Waals surface area contributed by atoms with E-state index in [4.69, 9.17) is 0 Å². The van der Waals surface area contributed by atoms with Crippen LogP contribution in [0.4, 0.5) is 8.78 Å². The molecule has 2 N–H and O–H groups in total. The number of rotatable bonds is 9. The van der Waals surface area contributed by atoms with E-state index in [1.54, 1.807) is 6.07 Å². The van der Waals surface area contributed by atoms with Gasteiger partial charge >= 0.3 is 0 Å². The molecule has 0 bridgehead atoms. The summed E-state index contributed by atoms with van der Waals surface area (Å²) in [6.45, 7) is 3.39. The minimum atomic E-state index is -1.35. The van der Waals surface area contributed by atoms with Gasteiger partial charge in [0.15, 0.2) is 0 Å². The number of nitrogens with one attached hydrogen (secondary N) is 2. The SMILES string of the molecule is C[C@H](NC(=O)C1C[C@@H](F)CN1C(=O)CNC(=O)c1ccc2cc(F)ccc2n1)c1cc(C2CCN(C)CC2)ccc1/C=C/C1CC1. The summed E-state index contributed by atoms with van der Waals surface area (Å²) in [6, 6.07) is 12.3. The van der Waals surface area contributed by atoms with Gasteiger partial charge < -0.3 is 20.4 Å². The zero-order valence-corrected chi connectivity index (χ0v) is 26.3. The Kier molecular flexibility index (Phi) is 9.44. The number of carbonyl (C=O) groups excluding carboxylic acids is 3. The van der Waals surface area contributed by atoms with Crippen molar-refractivity contribution < 1.29 is 23.2 Å². The number of amides is 3. The summed E-state index contributed by atoms with van der Waals surface area (Å²) in [5.74, 6) is -0.917. The second-order valence-corrected chi connectivity index (χ2v) is 13.0. The van der Waals surface area contributed by atoms with Crippen LogP contribution < -0.4 is 10.6 Å². The quantitative estimate of drug-likeness (QED) is 0.342. The van der Waals surface area contributed by atoms with Crippen LogP contribution in [0.15, 0.2) is 54.6 Å². The first kappa shape index (κ1) is 31.8. The fourth-order valence-corrected chi connectivity index (χ4v) is 6.51. The van der Waals surface area contributed by atoms with E-state index in [9.17, 15) is 23.2 Å². The molecule has 0 radical (unpaired) electrons. The highest BCUT2D eigenvalue weighted by Crippen LogP contribution is 2.34. The molecule has 6 rings (SSSR count). The summed E-state index contributed by atoms with van der Waals surface area (Å²) in [5, 5.41) is 6.15. The Hall–Kier alpha value is -4.18. The number of pyridine rings is 1. The molecule has 3 aromatic rings. The number of halogens is 2. The van der Waals surface area contributed by atoms with Crippen LogP contribution in [0.5, 0.6) is 0 Å². The van der Waals surface area contributed by atoms with E-state index in [0.717, 1.165) is 37.1 Å². The Bertz CT molecular complexity index is 1650. The first-order valence-electron chi connectivity index (χ1n) is 16.2. The van der Waals surface area contributed by atoms with Gasteiger partial charge in [-0.1, -0.05) is 36.4 Å². The molecule has 1 aromatic heterocycles. The zero-order valence-electron chi connectivity index (χ0n) is 26.3. The molecule has 10 heteroatoms. The number of hydrogen-bond donors (Lipinski definition) is 2. The number of hydrogen-bond acceptors (Lipinski definition) is 5. The highest BCUT2D eigenvalue weighted by Gasteiger charge is 2.40. The lowest BCUT2D eigenvalue weighted by Gasteiger charge is -2.30. The van der Waals surface area contributed by atoms with Gasteiger partial charge in [-0.25, -0.2) is 13.8 Å². The summed E-state index contributed by atoms with van der Waals surface area (Å²) in [7, 11) is 2.14. The predicted molar refractivity (Wildman–Crippen MR) is 173 cm³/mol. The molecule has 1 aliphatic carbocycles. The molecule has 2 aliphatic heterocycles. The standard InChI is InChI=1S/C36H41F2N5O3/c1-22(30-18-26(24-13-15-42(2)16-14-24)8-7-25(30)6-5-23-3-4-23)40-36(46)33-19-29(38)21-43(33)34(44)20-39-35(45)32-11-9-27-17-28(37)10-12-31(27)41-32/h5-12,17-18,22-24,29,33H,3-4,13-16,19-21H2,1-2H3,(H,39,45)(H,40,46)/b6-5+/t22-,29+,33?/m0/s1. The molecule has 2 saturated heterocycles. The molecular weight excluding hydrogens is 588 g/mol. The molecule has 3 aliphatic rings. The summed E-state index contributed by atoms with van der Waals surface area (Å²) < 4.78 is 28.2. The van der Waals surface area contributed by atoms with Crippen molar-refractivity contribution in [1.29, 1.82) is 0 Å². The Morgan fingerprint density at radius 2 is 1.83 bits per heavy atom. The average Bonchev–Trinajstić information content (AvgIpc) is 3.80. The Labute approximate surface area is 268 Å². The fourth-order valence-electron chi connectivity index (χ4n) is 6.51. The number of carbonyl (C=O) groups is 3. The minimum Gasteiger partial charge on any atom is -0.348 e. The monoisotopic (exact) mass is 629 g/mol. The molecule has 0 spiro atoms. The van der Waals surface area contributed by atoms with Crippen molar-refractivity contribution in [2.45, 2.75) is 63.2 Å². The number of aromatic nitrogens is 1. The topological polar surface area (TPSA) is 94.6 Å². The molecule has 242 valence electrons. The third-order valence-electron chi connectivity index (χ3n) is 9.45. The molecule has 3 fully saturated rings. The van der Waals surface area contributed by atoms with Crippen LogP contribution in [0.2, 0.25) is 0 Å². The molecule has 3 atom stereocenters.